The summed E-state index contributed by atoms with van der Waals surface area (Å²) >= 11 is 0.847. The number of allylic oxidation sites excluding steroid dienone is 4. The Morgan fingerprint density at radius 3 is 1.90 bits per heavy atom. The van der Waals surface area contributed by atoms with Gasteiger partial charge in [-0.3, -0.25) is 15.0 Å². The van der Waals surface area contributed by atoms with Crippen molar-refractivity contribution in [3.63, 3.8) is 0 Å². The topological polar surface area (TPSA) is 83.9 Å². The van der Waals surface area contributed by atoms with Crippen LogP contribution in [0.2, 0.25) is 0 Å². The second-order valence-electron chi connectivity index (χ2n) is 10.1. The van der Waals surface area contributed by atoms with E-state index in [0.717, 1.165) is 53.0 Å². The molecule has 0 aromatic carbocycles. The van der Waals surface area contributed by atoms with Gasteiger partial charge in [-0.25, -0.2) is 0 Å². The first kappa shape index (κ1) is 24.0. The van der Waals surface area contributed by atoms with Crippen LogP contribution < -0.4 is 5.11 Å². The van der Waals surface area contributed by atoms with E-state index in [2.05, 4.69) is 44.8 Å². The molecule has 3 aliphatic heterocycles. The second kappa shape index (κ2) is 8.08. The zero-order chi connectivity index (χ0) is 22.3. The molecule has 0 amide bonds. The third-order valence-corrected chi connectivity index (χ3v) is 6.24. The molecule has 0 fully saturated rings. The van der Waals surface area contributed by atoms with Gasteiger partial charge in [0.2, 0.25) is 0 Å². The standard InChI is InChI=1S/C22H30N4O.ClH.Zn/c1-19(2)10-14(8-17-20(3,4)12-18(27)25-17)24-16(19)9-15-11-21(5,6)22(7,13-23)26-15;;/h8-9H,10-12H2,1-7H3,(H,25,27);1H;/q;;+2/p-2/b16-9-,17-8-;;. The number of nitriles is 1. The first-order valence-corrected chi connectivity index (χ1v) is 13.7. The first-order chi connectivity index (χ1) is 13.3. The van der Waals surface area contributed by atoms with Crippen LogP contribution in [0.25, 0.3) is 0 Å². The molecule has 3 heterocycles. The van der Waals surface area contributed by atoms with Crippen molar-refractivity contribution in [2.75, 3.05) is 0 Å². The number of nitrogens with zero attached hydrogens (tertiary/aromatic N) is 4. The summed E-state index contributed by atoms with van der Waals surface area (Å²) in [5, 5.41) is 21.3. The van der Waals surface area contributed by atoms with Gasteiger partial charge in [0.15, 0.2) is 0 Å². The predicted octanol–water partition coefficient (Wildman–Crippen LogP) is 4.65. The van der Waals surface area contributed by atoms with Crippen molar-refractivity contribution in [3.8, 4) is 6.07 Å². The number of hydrogen-bond donors (Lipinski definition) is 0. The van der Waals surface area contributed by atoms with E-state index in [4.69, 9.17) is 19.7 Å². The zero-order valence-corrected chi connectivity index (χ0v) is 22.3. The Balaban J connectivity index is 0.00000145. The summed E-state index contributed by atoms with van der Waals surface area (Å²) in [7, 11) is 4.76. The SMILES string of the molecule is CC1(C)CC([O-])=N/C1=C\C1=NC(=C\C2=NC(C)(C#N)C(C)(C)C2)/C(C)(C)C1.[Cl][Zn+]. The van der Waals surface area contributed by atoms with E-state index in [1.165, 1.54) is 0 Å². The van der Waals surface area contributed by atoms with Crippen molar-refractivity contribution in [1.29, 1.82) is 5.26 Å². The molecule has 3 rings (SSSR count). The monoisotopic (exact) mass is 464 g/mol. The first-order valence-electron chi connectivity index (χ1n) is 9.81. The molecule has 0 bridgehead atoms. The number of halogens is 1. The summed E-state index contributed by atoms with van der Waals surface area (Å²) in [5.74, 6) is -0.0572. The van der Waals surface area contributed by atoms with Crippen molar-refractivity contribution in [3.05, 3.63) is 23.5 Å². The van der Waals surface area contributed by atoms with Crippen LogP contribution in [0.4, 0.5) is 0 Å². The Morgan fingerprint density at radius 1 is 0.897 bits per heavy atom. The van der Waals surface area contributed by atoms with Crippen molar-refractivity contribution in [1.82, 2.24) is 0 Å². The summed E-state index contributed by atoms with van der Waals surface area (Å²) in [4.78, 5) is 13.8. The fourth-order valence-corrected chi connectivity index (χ4v) is 3.90. The molecule has 29 heavy (non-hydrogen) atoms. The maximum absolute atomic E-state index is 11.7. The summed E-state index contributed by atoms with van der Waals surface area (Å²) in [6, 6.07) is 2.37. The Hall–Kier alpha value is -1.31. The van der Waals surface area contributed by atoms with Crippen molar-refractivity contribution in [2.24, 2.45) is 31.2 Å². The van der Waals surface area contributed by atoms with Gasteiger partial charge < -0.3 is 5.11 Å². The minimum absolute atomic E-state index is 0.0572. The number of rotatable bonds is 2. The molecule has 0 aliphatic carbocycles. The van der Waals surface area contributed by atoms with Gasteiger partial charge in [-0.05, 0) is 37.8 Å². The van der Waals surface area contributed by atoms with Crippen LogP contribution in [0, 0.1) is 27.6 Å². The molecule has 0 aromatic rings. The van der Waals surface area contributed by atoms with Crippen LogP contribution in [0.1, 0.15) is 67.7 Å². The maximum atomic E-state index is 11.7. The molecule has 5 nitrogen and oxygen atoms in total. The van der Waals surface area contributed by atoms with Gasteiger partial charge in [-0.1, -0.05) is 41.5 Å². The summed E-state index contributed by atoms with van der Waals surface area (Å²) in [5.41, 5.74) is 2.44. The molecule has 0 saturated heterocycles. The molecular weight excluding hydrogens is 437 g/mol. The Morgan fingerprint density at radius 2 is 1.41 bits per heavy atom. The van der Waals surface area contributed by atoms with E-state index in [1.54, 1.807) is 0 Å². The average molecular weight is 466 g/mol. The van der Waals surface area contributed by atoms with Crippen LogP contribution in [0.3, 0.4) is 0 Å². The minimum atomic E-state index is -0.705. The molecule has 0 spiro atoms. The fourth-order valence-electron chi connectivity index (χ4n) is 3.90. The Bertz CT molecular complexity index is 887. The van der Waals surface area contributed by atoms with Crippen LogP contribution in [0.15, 0.2) is 38.5 Å². The van der Waals surface area contributed by atoms with Gasteiger partial charge in [-0.2, -0.15) is 5.26 Å². The summed E-state index contributed by atoms with van der Waals surface area (Å²) < 4.78 is 0. The van der Waals surface area contributed by atoms with Crippen molar-refractivity contribution >= 4 is 27.0 Å². The molecular formula is C22H29ClN4OZn. The van der Waals surface area contributed by atoms with Gasteiger partial charge in [0.05, 0.1) is 6.07 Å². The van der Waals surface area contributed by atoms with E-state index < -0.39 is 5.54 Å². The van der Waals surface area contributed by atoms with E-state index >= 15 is 0 Å². The third kappa shape index (κ3) is 4.72. The van der Waals surface area contributed by atoms with Crippen LogP contribution in [-0.2, 0) is 17.3 Å². The van der Waals surface area contributed by atoms with E-state index in [1.807, 2.05) is 26.8 Å². The average Bonchev–Trinajstić information content (AvgIpc) is 3.11. The molecule has 0 N–H and O–H groups in total. The van der Waals surface area contributed by atoms with Crippen LogP contribution in [-0.4, -0.2) is 22.9 Å². The predicted molar refractivity (Wildman–Crippen MR) is 114 cm³/mol. The second-order valence-corrected chi connectivity index (χ2v) is 10.1. The Labute approximate surface area is 188 Å². The molecule has 7 heteroatoms. The van der Waals surface area contributed by atoms with Gasteiger partial charge in [0, 0.05) is 45.5 Å². The van der Waals surface area contributed by atoms with Gasteiger partial charge in [0.1, 0.15) is 5.54 Å². The summed E-state index contributed by atoms with van der Waals surface area (Å²) in [6.07, 6.45) is 6.05. The molecule has 1 atom stereocenters. The number of aliphatic imine (C=N–C) groups is 3. The molecule has 0 aromatic heterocycles. The van der Waals surface area contributed by atoms with Crippen LogP contribution in [0.5, 0.6) is 0 Å². The molecule has 3 aliphatic rings. The normalized spacial score (nSPS) is 31.7. The van der Waals surface area contributed by atoms with Crippen molar-refractivity contribution < 1.29 is 22.4 Å². The molecule has 1 unspecified atom stereocenters. The van der Waals surface area contributed by atoms with E-state index in [9.17, 15) is 10.4 Å². The fraction of sp³-hybridized carbons (Fsp3) is 0.636. The zero-order valence-electron chi connectivity index (χ0n) is 18.6. The quantitative estimate of drug-likeness (QED) is 0.555. The van der Waals surface area contributed by atoms with Crippen LogP contribution >= 0.6 is 9.69 Å². The van der Waals surface area contributed by atoms with Gasteiger partial charge in [0.25, 0.3) is 0 Å². The van der Waals surface area contributed by atoms with Gasteiger partial charge >= 0.3 is 27.0 Å². The summed E-state index contributed by atoms with van der Waals surface area (Å²) in [6.45, 7) is 14.5. The number of hydrogen-bond acceptors (Lipinski definition) is 5. The molecule has 152 valence electrons. The third-order valence-electron chi connectivity index (χ3n) is 6.24. The van der Waals surface area contributed by atoms with E-state index in [-0.39, 0.29) is 22.1 Å². The van der Waals surface area contributed by atoms with Crippen molar-refractivity contribution in [2.45, 2.75) is 73.3 Å². The molecule has 0 radical (unpaired) electrons. The van der Waals surface area contributed by atoms with E-state index in [0.29, 0.717) is 6.42 Å². The Kier molecular flexibility index (Phi) is 6.68. The molecule has 0 saturated carbocycles. The van der Waals surface area contributed by atoms with Gasteiger partial charge in [-0.15, -0.1) is 0 Å².